The molecule has 0 amide bonds. The highest BCUT2D eigenvalue weighted by atomic mass is 16.5. The summed E-state index contributed by atoms with van der Waals surface area (Å²) in [6.07, 6.45) is 2.51. The molecule has 1 rings (SSSR count). The summed E-state index contributed by atoms with van der Waals surface area (Å²) in [5.41, 5.74) is 1.15. The molecule has 14 heavy (non-hydrogen) atoms. The van der Waals surface area contributed by atoms with E-state index in [1.165, 1.54) is 18.5 Å². The van der Waals surface area contributed by atoms with Gasteiger partial charge < -0.3 is 9.64 Å². The van der Waals surface area contributed by atoms with Crippen molar-refractivity contribution in [3.63, 3.8) is 0 Å². The van der Waals surface area contributed by atoms with Gasteiger partial charge in [-0.1, -0.05) is 6.58 Å². The Bertz CT molecular complexity index is 205. The maximum absolute atomic E-state index is 5.81. The SMILES string of the molecule is C=C(C)N1CCCC1COC(C)(C)C. The molecule has 1 heterocycles. The average Bonchev–Trinajstić information content (AvgIpc) is 2.46. The summed E-state index contributed by atoms with van der Waals surface area (Å²) in [5, 5.41) is 0. The second kappa shape index (κ2) is 4.35. The fourth-order valence-corrected chi connectivity index (χ4v) is 1.86. The average molecular weight is 197 g/mol. The van der Waals surface area contributed by atoms with E-state index in [4.69, 9.17) is 4.74 Å². The van der Waals surface area contributed by atoms with E-state index in [2.05, 4.69) is 39.2 Å². The highest BCUT2D eigenvalue weighted by Crippen LogP contribution is 2.22. The summed E-state index contributed by atoms with van der Waals surface area (Å²) in [4.78, 5) is 2.37. The number of nitrogens with zero attached hydrogens (tertiary/aromatic N) is 1. The molecular formula is C12H23NO. The Morgan fingerprint density at radius 2 is 2.14 bits per heavy atom. The van der Waals surface area contributed by atoms with E-state index in [9.17, 15) is 0 Å². The Morgan fingerprint density at radius 3 is 2.64 bits per heavy atom. The summed E-state index contributed by atoms with van der Waals surface area (Å²) in [6, 6.07) is 0.548. The zero-order valence-electron chi connectivity index (χ0n) is 9.97. The molecular weight excluding hydrogens is 174 g/mol. The molecule has 1 atom stereocenters. The summed E-state index contributed by atoms with van der Waals surface area (Å²) < 4.78 is 5.81. The van der Waals surface area contributed by atoms with Crippen molar-refractivity contribution in [1.29, 1.82) is 0 Å². The largest absolute Gasteiger partial charge is 0.374 e. The minimum absolute atomic E-state index is 0.0245. The predicted molar refractivity (Wildman–Crippen MR) is 60.2 cm³/mol. The van der Waals surface area contributed by atoms with Gasteiger partial charge >= 0.3 is 0 Å². The Kier molecular flexibility index (Phi) is 3.59. The summed E-state index contributed by atoms with van der Waals surface area (Å²) in [7, 11) is 0. The summed E-state index contributed by atoms with van der Waals surface area (Å²) in [6.45, 7) is 14.4. The Hall–Kier alpha value is -0.500. The van der Waals surface area contributed by atoms with Crippen LogP contribution in [0.4, 0.5) is 0 Å². The number of allylic oxidation sites excluding steroid dienone is 1. The topological polar surface area (TPSA) is 12.5 Å². The van der Waals surface area contributed by atoms with E-state index in [1.54, 1.807) is 0 Å². The first kappa shape index (κ1) is 11.6. The van der Waals surface area contributed by atoms with Crippen molar-refractivity contribution >= 4 is 0 Å². The molecule has 0 bridgehead atoms. The molecule has 0 aliphatic carbocycles. The predicted octanol–water partition coefficient (Wildman–Crippen LogP) is 2.80. The number of likely N-dealkylation sites (tertiary alicyclic amines) is 1. The van der Waals surface area contributed by atoms with Crippen LogP contribution in [-0.2, 0) is 4.74 Å². The van der Waals surface area contributed by atoms with Gasteiger partial charge in [0.2, 0.25) is 0 Å². The van der Waals surface area contributed by atoms with E-state index in [0.717, 1.165) is 13.2 Å². The molecule has 2 heteroatoms. The third-order valence-corrected chi connectivity index (χ3v) is 2.58. The van der Waals surface area contributed by atoms with Crippen LogP contribution in [-0.4, -0.2) is 29.7 Å². The minimum atomic E-state index is -0.0245. The van der Waals surface area contributed by atoms with Crippen molar-refractivity contribution < 1.29 is 4.74 Å². The molecule has 1 saturated heterocycles. The zero-order valence-corrected chi connectivity index (χ0v) is 9.97. The van der Waals surface area contributed by atoms with Crippen LogP contribution in [0.5, 0.6) is 0 Å². The third kappa shape index (κ3) is 3.33. The van der Waals surface area contributed by atoms with Crippen LogP contribution in [0.2, 0.25) is 0 Å². The second-order valence-corrected chi connectivity index (χ2v) is 5.15. The van der Waals surface area contributed by atoms with E-state index in [1.807, 2.05) is 0 Å². The lowest BCUT2D eigenvalue weighted by Gasteiger charge is -2.29. The van der Waals surface area contributed by atoms with Gasteiger partial charge in [0, 0.05) is 12.2 Å². The van der Waals surface area contributed by atoms with Crippen LogP contribution in [0.3, 0.4) is 0 Å². The fraction of sp³-hybridized carbons (Fsp3) is 0.833. The highest BCUT2D eigenvalue weighted by Gasteiger charge is 2.25. The molecule has 82 valence electrons. The highest BCUT2D eigenvalue weighted by molar-refractivity contribution is 4.96. The molecule has 2 nitrogen and oxygen atoms in total. The monoisotopic (exact) mass is 197 g/mol. The number of hydrogen-bond donors (Lipinski definition) is 0. The van der Waals surface area contributed by atoms with Gasteiger partial charge in [-0.05, 0) is 40.5 Å². The van der Waals surface area contributed by atoms with Crippen molar-refractivity contribution in [2.24, 2.45) is 0 Å². The van der Waals surface area contributed by atoms with Crippen LogP contribution in [0.1, 0.15) is 40.5 Å². The zero-order chi connectivity index (χ0) is 10.8. The molecule has 0 spiro atoms. The number of rotatable bonds is 3. The summed E-state index contributed by atoms with van der Waals surface area (Å²) in [5.74, 6) is 0. The second-order valence-electron chi connectivity index (χ2n) is 5.15. The first-order valence-corrected chi connectivity index (χ1v) is 5.46. The van der Waals surface area contributed by atoms with Crippen molar-refractivity contribution in [2.45, 2.75) is 52.2 Å². The molecule has 0 radical (unpaired) electrons. The molecule has 1 fully saturated rings. The van der Waals surface area contributed by atoms with Crippen LogP contribution in [0.25, 0.3) is 0 Å². The lowest BCUT2D eigenvalue weighted by molar-refractivity contribution is -0.0242. The van der Waals surface area contributed by atoms with Crippen LogP contribution in [0.15, 0.2) is 12.3 Å². The first-order valence-electron chi connectivity index (χ1n) is 5.46. The van der Waals surface area contributed by atoms with Gasteiger partial charge in [0.25, 0.3) is 0 Å². The molecule has 1 unspecified atom stereocenters. The molecule has 1 aliphatic heterocycles. The van der Waals surface area contributed by atoms with Gasteiger partial charge in [-0.25, -0.2) is 0 Å². The summed E-state index contributed by atoms with van der Waals surface area (Å²) >= 11 is 0. The first-order chi connectivity index (χ1) is 6.40. The van der Waals surface area contributed by atoms with E-state index >= 15 is 0 Å². The third-order valence-electron chi connectivity index (χ3n) is 2.58. The van der Waals surface area contributed by atoms with Gasteiger partial charge in [-0.3, -0.25) is 0 Å². The normalized spacial score (nSPS) is 22.9. The van der Waals surface area contributed by atoms with Gasteiger partial charge in [-0.2, -0.15) is 0 Å². The lowest BCUT2D eigenvalue weighted by atomic mass is 10.2. The van der Waals surface area contributed by atoms with E-state index in [-0.39, 0.29) is 5.60 Å². The Morgan fingerprint density at radius 1 is 1.50 bits per heavy atom. The molecule has 0 N–H and O–H groups in total. The van der Waals surface area contributed by atoms with Gasteiger partial charge in [0.1, 0.15) is 0 Å². The lowest BCUT2D eigenvalue weighted by Crippen LogP contribution is -2.34. The van der Waals surface area contributed by atoms with Crippen molar-refractivity contribution in [2.75, 3.05) is 13.2 Å². The molecule has 0 aromatic heterocycles. The van der Waals surface area contributed by atoms with Crippen molar-refractivity contribution in [3.05, 3.63) is 12.3 Å². The van der Waals surface area contributed by atoms with E-state index in [0.29, 0.717) is 6.04 Å². The Labute approximate surface area is 87.9 Å². The standard InChI is InChI=1S/C12H23NO/c1-10(2)13-8-6-7-11(13)9-14-12(3,4)5/h11H,1,6-9H2,2-5H3. The maximum atomic E-state index is 5.81. The van der Waals surface area contributed by atoms with Gasteiger partial charge in [0.15, 0.2) is 0 Å². The molecule has 0 aromatic rings. The fourth-order valence-electron chi connectivity index (χ4n) is 1.86. The quantitative estimate of drug-likeness (QED) is 0.690. The minimum Gasteiger partial charge on any atom is -0.374 e. The van der Waals surface area contributed by atoms with Crippen molar-refractivity contribution in [3.8, 4) is 0 Å². The number of ether oxygens (including phenoxy) is 1. The molecule has 1 aliphatic rings. The van der Waals surface area contributed by atoms with Crippen LogP contribution < -0.4 is 0 Å². The maximum Gasteiger partial charge on any atom is 0.0677 e. The van der Waals surface area contributed by atoms with Gasteiger partial charge in [0.05, 0.1) is 18.2 Å². The van der Waals surface area contributed by atoms with Crippen LogP contribution >= 0.6 is 0 Å². The van der Waals surface area contributed by atoms with Gasteiger partial charge in [-0.15, -0.1) is 0 Å². The molecule has 0 saturated carbocycles. The van der Waals surface area contributed by atoms with E-state index < -0.39 is 0 Å². The van der Waals surface area contributed by atoms with Crippen molar-refractivity contribution in [1.82, 2.24) is 4.90 Å². The number of hydrogen-bond acceptors (Lipinski definition) is 2. The van der Waals surface area contributed by atoms with Crippen LogP contribution in [0, 0.1) is 0 Å². The smallest absolute Gasteiger partial charge is 0.0677 e. The Balaban J connectivity index is 2.40. The molecule has 0 aromatic carbocycles.